The molecule has 0 radical (unpaired) electrons. The maximum atomic E-state index is 11.2. The predicted octanol–water partition coefficient (Wildman–Crippen LogP) is 5.17. The quantitative estimate of drug-likeness (QED) is 0.445. The van der Waals surface area contributed by atoms with Crippen molar-refractivity contribution in [2.45, 2.75) is 32.3 Å². The first-order valence-corrected chi connectivity index (χ1v) is 12.6. The van der Waals surface area contributed by atoms with Gasteiger partial charge in [0.05, 0.1) is 6.10 Å². The lowest BCUT2D eigenvalue weighted by atomic mass is 9.91. The molecule has 150 valence electrons. The third-order valence-electron chi connectivity index (χ3n) is 6.04. The predicted molar refractivity (Wildman–Crippen MR) is 130 cm³/mol. The number of aliphatic hydroxyl groups is 1. The molecule has 4 aromatic rings. The summed E-state index contributed by atoms with van der Waals surface area (Å²) in [6, 6.07) is 30.3. The van der Waals surface area contributed by atoms with Crippen LogP contribution in [-0.2, 0) is 6.42 Å². The van der Waals surface area contributed by atoms with Crippen molar-refractivity contribution in [3.05, 3.63) is 111 Å². The topological polar surface area (TPSA) is 20.2 Å². The van der Waals surface area contributed by atoms with E-state index in [0.29, 0.717) is 0 Å². The van der Waals surface area contributed by atoms with Gasteiger partial charge < -0.3 is 5.11 Å². The fraction of sp³-hybridized carbons (Fsp3) is 0.185. The first kappa shape index (κ1) is 19.7. The Morgan fingerprint density at radius 3 is 1.97 bits per heavy atom. The zero-order valence-electron chi connectivity index (χ0n) is 17.2. The number of thiophene rings is 1. The second-order valence-electron chi connectivity index (χ2n) is 7.93. The zero-order chi connectivity index (χ0) is 20.7. The Morgan fingerprint density at radius 2 is 1.33 bits per heavy atom. The zero-order valence-corrected chi connectivity index (χ0v) is 19.0. The van der Waals surface area contributed by atoms with Crippen molar-refractivity contribution < 1.29 is 5.11 Å². The van der Waals surface area contributed by atoms with Gasteiger partial charge >= 0.3 is 0 Å². The van der Waals surface area contributed by atoms with E-state index in [2.05, 4.69) is 98.8 Å². The first-order chi connectivity index (χ1) is 14.6. The molecule has 0 saturated carbocycles. The molecule has 1 aliphatic carbocycles. The molecule has 0 saturated heterocycles. The average molecular weight is 429 g/mol. The van der Waals surface area contributed by atoms with Crippen LogP contribution in [0.15, 0.2) is 84.9 Å². The van der Waals surface area contributed by atoms with Crippen LogP contribution in [0.25, 0.3) is 0 Å². The summed E-state index contributed by atoms with van der Waals surface area (Å²) in [5.74, 6) is 0.0542. The second kappa shape index (κ2) is 8.12. The molecule has 30 heavy (non-hydrogen) atoms. The summed E-state index contributed by atoms with van der Waals surface area (Å²) in [6.45, 7) is 4.48. The van der Waals surface area contributed by atoms with Gasteiger partial charge in [0.1, 0.15) is 0 Å². The minimum atomic E-state index is -0.692. The van der Waals surface area contributed by atoms with E-state index in [1.807, 2.05) is 11.3 Å². The number of rotatable bonds is 4. The molecular formula is C27H25OPS. The van der Waals surface area contributed by atoms with Gasteiger partial charge in [0.25, 0.3) is 0 Å². The Hall–Kier alpha value is -2.25. The Bertz CT molecular complexity index is 1130. The van der Waals surface area contributed by atoms with Gasteiger partial charge in [-0.05, 0) is 55.5 Å². The van der Waals surface area contributed by atoms with Gasteiger partial charge in [0, 0.05) is 21.0 Å². The third kappa shape index (κ3) is 3.34. The molecule has 1 aromatic heterocycles. The van der Waals surface area contributed by atoms with E-state index in [9.17, 15) is 5.11 Å². The van der Waals surface area contributed by atoms with Crippen LogP contribution in [0.2, 0.25) is 0 Å². The molecule has 0 bridgehead atoms. The molecule has 0 unspecified atom stereocenters. The molecule has 0 fully saturated rings. The van der Waals surface area contributed by atoms with Gasteiger partial charge in [-0.25, -0.2) is 0 Å². The van der Waals surface area contributed by atoms with Crippen LogP contribution in [0.5, 0.6) is 0 Å². The summed E-state index contributed by atoms with van der Waals surface area (Å²) in [5, 5.41) is 15.3. The van der Waals surface area contributed by atoms with Crippen molar-refractivity contribution in [3.8, 4) is 0 Å². The molecule has 0 amide bonds. The largest absolute Gasteiger partial charge is 0.392 e. The highest BCUT2D eigenvalue weighted by Crippen LogP contribution is 2.46. The van der Waals surface area contributed by atoms with Crippen LogP contribution in [0, 0.1) is 13.8 Å². The van der Waals surface area contributed by atoms with Crippen molar-refractivity contribution >= 4 is 35.2 Å². The molecule has 1 aliphatic rings. The monoisotopic (exact) mass is 428 g/mol. The van der Waals surface area contributed by atoms with Gasteiger partial charge in [0.15, 0.2) is 0 Å². The summed E-state index contributed by atoms with van der Waals surface area (Å²) in [7, 11) is -0.692. The second-order valence-corrected chi connectivity index (χ2v) is 11.5. The number of fused-ring (bicyclic) bond motifs is 1. The summed E-state index contributed by atoms with van der Waals surface area (Å²) in [4.78, 5) is 2.71. The van der Waals surface area contributed by atoms with Gasteiger partial charge in [-0.15, -0.1) is 11.3 Å². The molecule has 0 spiro atoms. The summed E-state index contributed by atoms with van der Waals surface area (Å²) in [6.07, 6.45) is 0.376. The lowest BCUT2D eigenvalue weighted by Crippen LogP contribution is -2.27. The summed E-state index contributed by atoms with van der Waals surface area (Å²) >= 11 is 1.88. The molecule has 5 rings (SSSR count). The van der Waals surface area contributed by atoms with Crippen molar-refractivity contribution in [3.63, 3.8) is 0 Å². The van der Waals surface area contributed by atoms with E-state index in [4.69, 9.17) is 0 Å². The van der Waals surface area contributed by atoms with Crippen molar-refractivity contribution in [2.24, 2.45) is 0 Å². The Labute approximate surface area is 183 Å². The smallest absolute Gasteiger partial charge is 0.0690 e. The lowest BCUT2D eigenvalue weighted by Gasteiger charge is -2.25. The van der Waals surface area contributed by atoms with E-state index >= 15 is 0 Å². The van der Waals surface area contributed by atoms with Gasteiger partial charge in [-0.3, -0.25) is 0 Å². The minimum absolute atomic E-state index is 0.0542. The maximum Gasteiger partial charge on any atom is 0.0690 e. The molecule has 0 aliphatic heterocycles. The lowest BCUT2D eigenvalue weighted by molar-refractivity contribution is 0.170. The van der Waals surface area contributed by atoms with E-state index in [-0.39, 0.29) is 12.0 Å². The first-order valence-electron chi connectivity index (χ1n) is 10.4. The number of benzene rings is 3. The number of aliphatic hydroxyl groups excluding tert-OH is 1. The van der Waals surface area contributed by atoms with E-state index in [1.54, 1.807) is 0 Å². The SMILES string of the molecule is Cc1sc(C)c(P(c2ccccc2)c2ccccc2)c1[C@H]1c2ccccc2C[C@@H]1O. The highest BCUT2D eigenvalue weighted by molar-refractivity contribution is 7.80. The molecule has 1 heterocycles. The van der Waals surface area contributed by atoms with Crippen LogP contribution >= 0.6 is 19.3 Å². The van der Waals surface area contributed by atoms with Crippen LogP contribution in [0.3, 0.4) is 0 Å². The molecule has 1 N–H and O–H groups in total. The number of aryl methyl sites for hydroxylation is 2. The molecule has 3 aromatic carbocycles. The van der Waals surface area contributed by atoms with E-state index in [1.165, 1.54) is 42.4 Å². The van der Waals surface area contributed by atoms with Gasteiger partial charge in [0.2, 0.25) is 0 Å². The fourth-order valence-corrected chi connectivity index (χ4v) is 8.93. The Morgan fingerprint density at radius 1 is 0.767 bits per heavy atom. The standard InChI is InChI=1S/C27H25OPS/c1-18-25(26-23-16-10-9-11-20(23)17-24(26)28)27(19(2)30-18)29(21-12-5-3-6-13-21)22-14-7-4-8-15-22/h3-16,24,26,28H,17H2,1-2H3/t24-,26-/m0/s1. The number of hydrogen-bond donors (Lipinski definition) is 1. The highest BCUT2D eigenvalue weighted by Gasteiger charge is 2.37. The third-order valence-corrected chi connectivity index (χ3v) is 9.88. The highest BCUT2D eigenvalue weighted by atomic mass is 32.1. The normalized spacial score (nSPS) is 18.0. The molecule has 1 nitrogen and oxygen atoms in total. The van der Waals surface area contributed by atoms with E-state index < -0.39 is 7.92 Å². The molecule has 2 atom stereocenters. The maximum absolute atomic E-state index is 11.2. The molecule has 3 heteroatoms. The Balaban J connectivity index is 1.75. The minimum Gasteiger partial charge on any atom is -0.392 e. The van der Waals surface area contributed by atoms with E-state index in [0.717, 1.165) is 6.42 Å². The van der Waals surface area contributed by atoms with Gasteiger partial charge in [-0.1, -0.05) is 84.9 Å². The summed E-state index contributed by atoms with van der Waals surface area (Å²) in [5.41, 5.74) is 3.94. The van der Waals surface area contributed by atoms with Crippen molar-refractivity contribution in [2.75, 3.05) is 0 Å². The van der Waals surface area contributed by atoms with Gasteiger partial charge in [-0.2, -0.15) is 0 Å². The van der Waals surface area contributed by atoms with Crippen LogP contribution in [0.4, 0.5) is 0 Å². The van der Waals surface area contributed by atoms with Crippen molar-refractivity contribution in [1.82, 2.24) is 0 Å². The number of hydrogen-bond acceptors (Lipinski definition) is 2. The van der Waals surface area contributed by atoms with Crippen molar-refractivity contribution in [1.29, 1.82) is 0 Å². The fourth-order valence-electron chi connectivity index (χ4n) is 4.82. The average Bonchev–Trinajstić information content (AvgIpc) is 3.24. The molecular weight excluding hydrogens is 403 g/mol. The Kier molecular flexibility index (Phi) is 5.33. The van der Waals surface area contributed by atoms with Crippen LogP contribution in [-0.4, -0.2) is 11.2 Å². The summed E-state index contributed by atoms with van der Waals surface area (Å²) < 4.78 is 0. The van der Waals surface area contributed by atoms with Crippen LogP contribution in [0.1, 0.15) is 32.4 Å². The van der Waals surface area contributed by atoms with Crippen LogP contribution < -0.4 is 15.9 Å².